The van der Waals surface area contributed by atoms with E-state index in [2.05, 4.69) is 26.6 Å². The molecule has 1 amide bonds. The van der Waals surface area contributed by atoms with E-state index in [0.717, 1.165) is 0 Å². The Morgan fingerprint density at radius 1 is 1.14 bits per heavy atom. The van der Waals surface area contributed by atoms with Crippen molar-refractivity contribution in [3.63, 3.8) is 0 Å². The number of hydrogen-bond acceptors (Lipinski definition) is 3. The van der Waals surface area contributed by atoms with Crippen molar-refractivity contribution >= 4 is 73.9 Å². The van der Waals surface area contributed by atoms with E-state index in [4.69, 9.17) is 50.8 Å². The minimum atomic E-state index is -1.78. The molecule has 0 fully saturated rings. The Morgan fingerprint density at radius 3 is 2.27 bits per heavy atom. The van der Waals surface area contributed by atoms with Gasteiger partial charge in [-0.1, -0.05) is 46.4 Å². The molecule has 0 spiro atoms. The van der Waals surface area contributed by atoms with Gasteiger partial charge in [-0.25, -0.2) is 0 Å². The van der Waals surface area contributed by atoms with Crippen LogP contribution in [0.15, 0.2) is 45.5 Å². The van der Waals surface area contributed by atoms with Gasteiger partial charge in [0.2, 0.25) is 3.79 Å². The maximum atomic E-state index is 12.1. The predicted molar refractivity (Wildman–Crippen MR) is 93.0 cm³/mol. The lowest BCUT2D eigenvalue weighted by molar-refractivity contribution is 0.0912. The van der Waals surface area contributed by atoms with Crippen molar-refractivity contribution in [3.8, 4) is 0 Å². The average Bonchev–Trinajstić information content (AvgIpc) is 2.86. The number of carbonyl (C=O) groups is 1. The van der Waals surface area contributed by atoms with Gasteiger partial charge in [-0.05, 0) is 52.3 Å². The van der Waals surface area contributed by atoms with Crippen LogP contribution >= 0.6 is 62.3 Å². The second-order valence-corrected chi connectivity index (χ2v) is 7.79. The highest BCUT2D eigenvalue weighted by Gasteiger charge is 2.34. The molecule has 2 aromatic rings. The molecular weight excluding hydrogens is 438 g/mol. The van der Waals surface area contributed by atoms with E-state index < -0.39 is 15.9 Å². The SMILES string of the molecule is O=C(NC(Nc1ccc(Cl)cc1)C(Cl)(Cl)Cl)c1ccc(Br)o1. The highest BCUT2D eigenvalue weighted by Crippen LogP contribution is 2.31. The van der Waals surface area contributed by atoms with Gasteiger partial charge in [0.05, 0.1) is 0 Å². The maximum absolute atomic E-state index is 12.1. The number of benzene rings is 1. The van der Waals surface area contributed by atoms with E-state index >= 15 is 0 Å². The molecule has 1 atom stereocenters. The summed E-state index contributed by atoms with van der Waals surface area (Å²) in [6.07, 6.45) is -0.977. The van der Waals surface area contributed by atoms with Crippen molar-refractivity contribution < 1.29 is 9.21 Å². The summed E-state index contributed by atoms with van der Waals surface area (Å²) in [5, 5.41) is 6.04. The molecule has 2 rings (SSSR count). The van der Waals surface area contributed by atoms with E-state index in [1.807, 2.05) is 0 Å². The summed E-state index contributed by atoms with van der Waals surface area (Å²) in [5.74, 6) is -0.437. The summed E-state index contributed by atoms with van der Waals surface area (Å²) in [6.45, 7) is 0. The molecule has 118 valence electrons. The van der Waals surface area contributed by atoms with Crippen LogP contribution in [0.1, 0.15) is 10.6 Å². The third-order valence-corrected chi connectivity index (χ3v) is 3.89. The number of alkyl halides is 3. The Balaban J connectivity index is 2.13. The molecule has 0 saturated heterocycles. The molecule has 1 aromatic carbocycles. The molecule has 1 aromatic heterocycles. The van der Waals surface area contributed by atoms with Gasteiger partial charge in [0.25, 0.3) is 5.91 Å². The molecule has 22 heavy (non-hydrogen) atoms. The number of anilines is 1. The number of furan rings is 1. The Kier molecular flexibility index (Phi) is 5.91. The van der Waals surface area contributed by atoms with Crippen LogP contribution in [0.25, 0.3) is 0 Å². The smallest absolute Gasteiger partial charge is 0.288 e. The lowest BCUT2D eigenvalue weighted by Crippen LogP contribution is -2.49. The van der Waals surface area contributed by atoms with Crippen molar-refractivity contribution in [3.05, 3.63) is 51.9 Å². The standard InChI is InChI=1S/C13H9BrCl4N2O2/c14-10-6-5-9(22-10)11(21)20-12(13(16,17)18)19-8-3-1-7(15)2-4-8/h1-6,12,19H,(H,20,21). The number of rotatable bonds is 4. The first-order valence-electron chi connectivity index (χ1n) is 5.91. The van der Waals surface area contributed by atoms with Crippen LogP contribution < -0.4 is 10.6 Å². The monoisotopic (exact) mass is 444 g/mol. The minimum absolute atomic E-state index is 0.0871. The Morgan fingerprint density at radius 2 is 1.77 bits per heavy atom. The molecule has 1 unspecified atom stereocenters. The zero-order valence-electron chi connectivity index (χ0n) is 10.7. The van der Waals surface area contributed by atoms with E-state index in [9.17, 15) is 4.79 Å². The van der Waals surface area contributed by atoms with E-state index in [-0.39, 0.29) is 5.76 Å². The van der Waals surface area contributed by atoms with Crippen LogP contribution in [0.5, 0.6) is 0 Å². The Labute approximate surface area is 155 Å². The highest BCUT2D eigenvalue weighted by atomic mass is 79.9. The van der Waals surface area contributed by atoms with Crippen molar-refractivity contribution in [2.24, 2.45) is 0 Å². The summed E-state index contributed by atoms with van der Waals surface area (Å²) < 4.78 is 3.80. The Hall–Kier alpha value is -0.590. The largest absolute Gasteiger partial charge is 0.444 e. The van der Waals surface area contributed by atoms with Crippen LogP contribution in [0, 0.1) is 0 Å². The third kappa shape index (κ3) is 4.96. The number of nitrogens with one attached hydrogen (secondary N) is 2. The fraction of sp³-hybridized carbons (Fsp3) is 0.154. The Bertz CT molecular complexity index is 655. The van der Waals surface area contributed by atoms with Crippen molar-refractivity contribution in [1.29, 1.82) is 0 Å². The lowest BCUT2D eigenvalue weighted by atomic mass is 10.3. The third-order valence-electron chi connectivity index (χ3n) is 2.55. The molecule has 4 nitrogen and oxygen atoms in total. The number of halogens is 5. The molecule has 0 saturated carbocycles. The van der Waals surface area contributed by atoms with Gasteiger partial charge in [-0.15, -0.1) is 0 Å². The summed E-state index contributed by atoms with van der Waals surface area (Å²) in [6, 6.07) is 9.82. The van der Waals surface area contributed by atoms with Gasteiger partial charge in [0.15, 0.2) is 10.4 Å². The molecule has 2 N–H and O–H groups in total. The maximum Gasteiger partial charge on any atom is 0.288 e. The molecule has 0 aliphatic heterocycles. The zero-order valence-corrected chi connectivity index (χ0v) is 15.4. The second-order valence-electron chi connectivity index (χ2n) is 4.20. The summed E-state index contributed by atoms with van der Waals surface area (Å²) in [5.41, 5.74) is 0.627. The van der Waals surface area contributed by atoms with Crippen LogP contribution in [0.3, 0.4) is 0 Å². The van der Waals surface area contributed by atoms with Crippen LogP contribution in [0.4, 0.5) is 5.69 Å². The number of hydrogen-bond donors (Lipinski definition) is 2. The highest BCUT2D eigenvalue weighted by molar-refractivity contribution is 9.10. The fourth-order valence-corrected chi connectivity index (χ4v) is 2.31. The summed E-state index contributed by atoms with van der Waals surface area (Å²) >= 11 is 26.6. The average molecular weight is 447 g/mol. The first-order valence-corrected chi connectivity index (χ1v) is 8.21. The van der Waals surface area contributed by atoms with Crippen molar-refractivity contribution in [2.45, 2.75) is 9.96 Å². The molecule has 0 radical (unpaired) electrons. The van der Waals surface area contributed by atoms with Crippen molar-refractivity contribution in [2.75, 3.05) is 5.32 Å². The van der Waals surface area contributed by atoms with Crippen LogP contribution in [-0.2, 0) is 0 Å². The molecule has 9 heteroatoms. The normalized spacial score (nSPS) is 12.8. The number of carbonyl (C=O) groups excluding carboxylic acids is 1. The first-order chi connectivity index (χ1) is 10.3. The number of amides is 1. The first kappa shape index (κ1) is 17.8. The van der Waals surface area contributed by atoms with Gasteiger partial charge < -0.3 is 15.1 Å². The van der Waals surface area contributed by atoms with E-state index in [1.54, 1.807) is 30.3 Å². The van der Waals surface area contributed by atoms with Gasteiger partial charge in [0.1, 0.15) is 6.17 Å². The second kappa shape index (κ2) is 7.32. The van der Waals surface area contributed by atoms with Gasteiger partial charge >= 0.3 is 0 Å². The lowest BCUT2D eigenvalue weighted by Gasteiger charge is -2.27. The van der Waals surface area contributed by atoms with Gasteiger partial charge in [0, 0.05) is 10.7 Å². The van der Waals surface area contributed by atoms with Gasteiger partial charge in [-0.3, -0.25) is 4.79 Å². The molecule has 1 heterocycles. The fourth-order valence-electron chi connectivity index (χ4n) is 1.55. The molecule has 0 bridgehead atoms. The summed E-state index contributed by atoms with van der Waals surface area (Å²) in [7, 11) is 0. The van der Waals surface area contributed by atoms with Crippen LogP contribution in [0.2, 0.25) is 5.02 Å². The molecule has 0 aliphatic carbocycles. The van der Waals surface area contributed by atoms with E-state index in [0.29, 0.717) is 15.4 Å². The molecular formula is C13H9BrCl4N2O2. The topological polar surface area (TPSA) is 54.3 Å². The minimum Gasteiger partial charge on any atom is -0.444 e. The quantitative estimate of drug-likeness (QED) is 0.499. The zero-order chi connectivity index (χ0) is 16.3. The van der Waals surface area contributed by atoms with Crippen LogP contribution in [-0.4, -0.2) is 15.9 Å². The molecule has 0 aliphatic rings. The van der Waals surface area contributed by atoms with E-state index in [1.165, 1.54) is 6.07 Å². The van der Waals surface area contributed by atoms with Gasteiger partial charge in [-0.2, -0.15) is 0 Å². The predicted octanol–water partition coefficient (Wildman–Crippen LogP) is 5.23. The van der Waals surface area contributed by atoms with Crippen molar-refractivity contribution in [1.82, 2.24) is 5.32 Å². The summed E-state index contributed by atoms with van der Waals surface area (Å²) in [4.78, 5) is 12.1.